The number of carbonyl (C=O) groups excluding carboxylic acids is 3. The van der Waals surface area contributed by atoms with Crippen LogP contribution < -0.4 is 21.3 Å². The number of carbonyl (C=O) groups is 3. The van der Waals surface area contributed by atoms with Gasteiger partial charge >= 0.3 is 0 Å². The lowest BCUT2D eigenvalue weighted by Crippen LogP contribution is -2.55. The summed E-state index contributed by atoms with van der Waals surface area (Å²) >= 11 is 0. The van der Waals surface area contributed by atoms with E-state index in [1.165, 1.54) is 0 Å². The van der Waals surface area contributed by atoms with Gasteiger partial charge in [-0.15, -0.1) is 0 Å². The van der Waals surface area contributed by atoms with Gasteiger partial charge < -0.3 is 26.4 Å². The molecular weight excluding hydrogens is 524 g/mol. The molecule has 11 nitrogen and oxygen atoms in total. The number of nitrogens with one attached hydrogen (secondary N) is 4. The Balaban J connectivity index is 1.48. The number of benzene rings is 1. The maximum Gasteiger partial charge on any atom is 0.294 e. The number of amides is 3. The number of rotatable bonds is 11. The van der Waals surface area contributed by atoms with Crippen LogP contribution in [0.1, 0.15) is 75.7 Å². The van der Waals surface area contributed by atoms with E-state index < -0.39 is 39.5 Å². The van der Waals surface area contributed by atoms with Crippen LogP contribution in [0.5, 0.6) is 0 Å². The molecule has 1 saturated heterocycles. The number of aliphatic hydroxyl groups is 1. The molecule has 3 aliphatic rings. The number of fused-ring (bicyclic) bond motifs is 1. The van der Waals surface area contributed by atoms with Crippen molar-refractivity contribution in [3.63, 3.8) is 0 Å². The Hall–Kier alpha value is -2.70. The second kappa shape index (κ2) is 13.1. The highest BCUT2D eigenvalue weighted by Gasteiger charge is 2.38. The lowest BCUT2D eigenvalue weighted by molar-refractivity contribution is -0.130. The Morgan fingerprint density at radius 2 is 1.64 bits per heavy atom. The molecule has 0 bridgehead atoms. The highest BCUT2D eigenvalue weighted by atomic mass is 32.2. The van der Waals surface area contributed by atoms with Gasteiger partial charge in [0.15, 0.2) is 0 Å². The van der Waals surface area contributed by atoms with Crippen molar-refractivity contribution in [3.8, 4) is 0 Å². The first kappa shape index (κ1) is 29.3. The number of anilines is 1. The van der Waals surface area contributed by atoms with Gasteiger partial charge in [0.05, 0.1) is 6.04 Å². The molecule has 4 rings (SSSR count). The van der Waals surface area contributed by atoms with Gasteiger partial charge in [0, 0.05) is 31.1 Å². The van der Waals surface area contributed by atoms with Gasteiger partial charge in [-0.1, -0.05) is 50.3 Å². The van der Waals surface area contributed by atoms with E-state index in [1.54, 1.807) is 0 Å². The van der Waals surface area contributed by atoms with Crippen LogP contribution in [0, 0.1) is 11.8 Å². The van der Waals surface area contributed by atoms with Gasteiger partial charge in [0.2, 0.25) is 23.2 Å². The van der Waals surface area contributed by atoms with E-state index in [-0.39, 0.29) is 36.5 Å². The molecule has 1 saturated carbocycles. The predicted molar refractivity (Wildman–Crippen MR) is 145 cm³/mol. The minimum Gasteiger partial charge on any atom is -0.385 e. The van der Waals surface area contributed by atoms with Crippen molar-refractivity contribution in [2.24, 2.45) is 11.8 Å². The zero-order chi connectivity index (χ0) is 28.0. The minimum atomic E-state index is -4.91. The average molecular weight is 565 g/mol. The van der Waals surface area contributed by atoms with Crippen LogP contribution in [0.15, 0.2) is 24.3 Å². The Labute approximate surface area is 229 Å². The fourth-order valence-corrected chi connectivity index (χ4v) is 6.74. The van der Waals surface area contributed by atoms with E-state index >= 15 is 0 Å². The van der Waals surface area contributed by atoms with Crippen LogP contribution in [0.3, 0.4) is 0 Å². The fraction of sp³-hybridized carbons (Fsp3) is 0.667. The summed E-state index contributed by atoms with van der Waals surface area (Å²) in [4.78, 5) is 38.9. The molecule has 39 heavy (non-hydrogen) atoms. The van der Waals surface area contributed by atoms with Crippen LogP contribution in [0.25, 0.3) is 0 Å². The molecule has 1 aromatic carbocycles. The van der Waals surface area contributed by atoms with Crippen molar-refractivity contribution in [3.05, 3.63) is 29.8 Å². The molecular formula is C27H40N4O7S. The van der Waals surface area contributed by atoms with Crippen LogP contribution >= 0.6 is 0 Å². The Bertz CT molecular complexity index is 1140. The van der Waals surface area contributed by atoms with Crippen molar-refractivity contribution in [2.75, 3.05) is 18.4 Å². The van der Waals surface area contributed by atoms with Crippen molar-refractivity contribution >= 4 is 33.5 Å². The third-order valence-electron chi connectivity index (χ3n) is 8.26. The first-order chi connectivity index (χ1) is 18.6. The highest BCUT2D eigenvalue weighted by molar-refractivity contribution is 7.86. The predicted octanol–water partition coefficient (Wildman–Crippen LogP) is 1.65. The summed E-state index contributed by atoms with van der Waals surface area (Å²) in [6.07, 6.45) is 6.70. The molecule has 3 amide bonds. The molecule has 0 radical (unpaired) electrons. The number of aliphatic hydroxyl groups excluding tert-OH is 1. The largest absolute Gasteiger partial charge is 0.385 e. The van der Waals surface area contributed by atoms with Gasteiger partial charge in [-0.05, 0) is 49.1 Å². The maximum absolute atomic E-state index is 13.5. The summed E-state index contributed by atoms with van der Waals surface area (Å²) in [6.45, 7) is 1.15. The lowest BCUT2D eigenvalue weighted by atomic mass is 9.84. The van der Waals surface area contributed by atoms with Gasteiger partial charge in [-0.3, -0.25) is 18.9 Å². The molecule has 1 aromatic rings. The zero-order valence-electron chi connectivity index (χ0n) is 22.1. The van der Waals surface area contributed by atoms with Crippen LogP contribution in [0.2, 0.25) is 0 Å². The van der Waals surface area contributed by atoms with E-state index in [2.05, 4.69) is 21.3 Å². The summed E-state index contributed by atoms with van der Waals surface area (Å²) in [5, 5.41) is 21.8. The molecule has 0 spiro atoms. The maximum atomic E-state index is 13.5. The number of hydrogen-bond donors (Lipinski definition) is 6. The minimum absolute atomic E-state index is 0.00387. The van der Waals surface area contributed by atoms with Gasteiger partial charge in [0.25, 0.3) is 10.1 Å². The summed E-state index contributed by atoms with van der Waals surface area (Å²) in [7, 11) is -4.91. The Morgan fingerprint density at radius 3 is 2.33 bits per heavy atom. The standard InChI is InChI=1S/C27H40N4O7S/c32-24(16-18-10-12-28-21-9-5-4-8-20(18)21)30-22(14-17-6-2-1-3-7-17)26(34)31-23(27(35)39(36,37)38)15-19-11-13-29-25(19)33/h4-5,8-9,17-19,22-23,27-28,35H,1-3,6-7,10-16H2,(H,29,33)(H,30,32)(H,31,34)(H,36,37,38)/t18?,19-,22-,23-,27?/m0/s1. The lowest BCUT2D eigenvalue weighted by Gasteiger charge is -2.30. The van der Waals surface area contributed by atoms with Gasteiger partial charge in [-0.2, -0.15) is 8.42 Å². The first-order valence-electron chi connectivity index (χ1n) is 14.0. The van der Waals surface area contributed by atoms with Gasteiger partial charge in [-0.25, -0.2) is 0 Å². The van der Waals surface area contributed by atoms with E-state index in [1.807, 2.05) is 24.3 Å². The van der Waals surface area contributed by atoms with Gasteiger partial charge in [0.1, 0.15) is 6.04 Å². The van der Waals surface area contributed by atoms with E-state index in [0.29, 0.717) is 19.4 Å². The number of hydrogen-bond acceptors (Lipinski definition) is 7. The highest BCUT2D eigenvalue weighted by Crippen LogP contribution is 2.34. The topological polar surface area (TPSA) is 174 Å². The molecule has 2 aliphatic heterocycles. The third-order valence-corrected chi connectivity index (χ3v) is 9.20. The first-order valence-corrected chi connectivity index (χ1v) is 15.5. The molecule has 216 valence electrons. The van der Waals surface area contributed by atoms with E-state index in [9.17, 15) is 32.5 Å². The summed E-state index contributed by atoms with van der Waals surface area (Å²) < 4.78 is 33.1. The van der Waals surface area contributed by atoms with Crippen LogP contribution in [-0.4, -0.2) is 66.4 Å². The summed E-state index contributed by atoms with van der Waals surface area (Å²) in [6, 6.07) is 5.48. The van der Waals surface area contributed by atoms with Crippen molar-refractivity contribution in [1.29, 1.82) is 0 Å². The van der Waals surface area contributed by atoms with Crippen molar-refractivity contribution < 1.29 is 32.5 Å². The average Bonchev–Trinajstić information content (AvgIpc) is 3.31. The molecule has 5 atom stereocenters. The smallest absolute Gasteiger partial charge is 0.294 e. The third kappa shape index (κ3) is 7.92. The molecule has 0 aromatic heterocycles. The molecule has 1 aliphatic carbocycles. The van der Waals surface area contributed by atoms with Crippen LogP contribution in [0.4, 0.5) is 5.69 Å². The normalized spacial score (nSPS) is 24.0. The monoisotopic (exact) mass is 564 g/mol. The van der Waals surface area contributed by atoms with Crippen LogP contribution in [-0.2, 0) is 24.5 Å². The molecule has 2 heterocycles. The number of para-hydroxylation sites is 1. The Kier molecular flexibility index (Phi) is 9.84. The zero-order valence-corrected chi connectivity index (χ0v) is 22.9. The SMILES string of the molecule is O=C(CC1CCNc2ccccc21)N[C@@H](CC1CCCCC1)C(=O)N[C@@H](C[C@@H]1CCNC1=O)C(O)S(=O)(=O)O. The molecule has 2 fully saturated rings. The molecule has 2 unspecified atom stereocenters. The second-order valence-corrected chi connectivity index (χ2v) is 12.6. The summed E-state index contributed by atoms with van der Waals surface area (Å²) in [5.74, 6) is -1.61. The van der Waals surface area contributed by atoms with E-state index in [4.69, 9.17) is 0 Å². The fourth-order valence-electron chi connectivity index (χ4n) is 6.14. The van der Waals surface area contributed by atoms with E-state index in [0.717, 1.165) is 56.3 Å². The van der Waals surface area contributed by atoms with Crippen molar-refractivity contribution in [2.45, 2.75) is 87.6 Å². The van der Waals surface area contributed by atoms with Crippen molar-refractivity contribution in [1.82, 2.24) is 16.0 Å². The molecule has 12 heteroatoms. The quantitative estimate of drug-likeness (QED) is 0.220. The molecule has 6 N–H and O–H groups in total. The Morgan fingerprint density at radius 1 is 0.949 bits per heavy atom. The summed E-state index contributed by atoms with van der Waals surface area (Å²) in [5.41, 5.74) is -0.249. The second-order valence-electron chi connectivity index (χ2n) is 11.1.